The Morgan fingerprint density at radius 2 is 2.12 bits per heavy atom. The predicted molar refractivity (Wildman–Crippen MR) is 62.1 cm³/mol. The largest absolute Gasteiger partial charge is 0.497 e. The number of amides is 1. The number of rotatable bonds is 5. The predicted octanol–water partition coefficient (Wildman–Crippen LogP) is 0.306. The second-order valence-corrected chi connectivity index (χ2v) is 3.28. The van der Waals surface area contributed by atoms with E-state index in [0.717, 1.165) is 0 Å². The summed E-state index contributed by atoms with van der Waals surface area (Å²) in [6.45, 7) is 0. The summed E-state index contributed by atoms with van der Waals surface area (Å²) < 4.78 is 4.99. The van der Waals surface area contributed by atoms with Crippen LogP contribution in [0.15, 0.2) is 24.3 Å². The monoisotopic (exact) mass is 238 g/mol. The van der Waals surface area contributed by atoms with Crippen molar-refractivity contribution in [1.82, 2.24) is 5.32 Å². The van der Waals surface area contributed by atoms with Crippen LogP contribution in [-0.2, 0) is 9.59 Å². The Hall–Kier alpha value is -2.08. The molecule has 0 saturated carbocycles. The molecule has 1 aromatic carbocycles. The number of carboxylic acids is 1. The van der Waals surface area contributed by atoms with Crippen molar-refractivity contribution in [2.75, 3.05) is 19.5 Å². The Balaban J connectivity index is 2.76. The molecule has 1 rings (SSSR count). The molecule has 0 saturated heterocycles. The fraction of sp³-hybridized carbons (Fsp3) is 0.273. The van der Waals surface area contributed by atoms with E-state index in [4.69, 9.17) is 9.84 Å². The second-order valence-electron chi connectivity index (χ2n) is 3.28. The van der Waals surface area contributed by atoms with Gasteiger partial charge in [0.15, 0.2) is 6.04 Å². The van der Waals surface area contributed by atoms with E-state index in [9.17, 15) is 9.59 Å². The number of carboxylic acid groups (broad SMARTS) is 1. The van der Waals surface area contributed by atoms with Gasteiger partial charge >= 0.3 is 5.97 Å². The van der Waals surface area contributed by atoms with Gasteiger partial charge in [0.2, 0.25) is 0 Å². The molecule has 1 unspecified atom stereocenters. The van der Waals surface area contributed by atoms with Gasteiger partial charge < -0.3 is 15.2 Å². The first-order valence-corrected chi connectivity index (χ1v) is 4.93. The third-order valence-corrected chi connectivity index (χ3v) is 2.14. The molecule has 0 radical (unpaired) electrons. The van der Waals surface area contributed by atoms with Crippen LogP contribution in [0.3, 0.4) is 0 Å². The van der Waals surface area contributed by atoms with E-state index in [0.29, 0.717) is 11.4 Å². The van der Waals surface area contributed by atoms with Crippen molar-refractivity contribution in [3.05, 3.63) is 24.3 Å². The maximum Gasteiger partial charge on any atom is 0.330 e. The Kier molecular flexibility index (Phi) is 4.47. The van der Waals surface area contributed by atoms with Crippen LogP contribution in [-0.4, -0.2) is 37.2 Å². The van der Waals surface area contributed by atoms with Crippen LogP contribution < -0.4 is 15.4 Å². The molecule has 0 aliphatic rings. The summed E-state index contributed by atoms with van der Waals surface area (Å²) in [5.74, 6) is -1.28. The van der Waals surface area contributed by atoms with Crippen molar-refractivity contribution in [3.63, 3.8) is 0 Å². The van der Waals surface area contributed by atoms with Crippen LogP contribution in [0.5, 0.6) is 5.75 Å². The van der Waals surface area contributed by atoms with Crippen LogP contribution in [0.25, 0.3) is 0 Å². The molecular formula is C11H14N2O4. The average Bonchev–Trinajstić information content (AvgIpc) is 2.29. The fourth-order valence-corrected chi connectivity index (χ4v) is 1.28. The lowest BCUT2D eigenvalue weighted by Crippen LogP contribution is -2.44. The van der Waals surface area contributed by atoms with Gasteiger partial charge in [-0.1, -0.05) is 6.07 Å². The minimum atomic E-state index is -1.28. The third-order valence-electron chi connectivity index (χ3n) is 2.14. The number of likely N-dealkylation sites (N-methyl/N-ethyl adjacent to an activating group) is 1. The van der Waals surface area contributed by atoms with Crippen LogP contribution in [0.1, 0.15) is 0 Å². The lowest BCUT2D eigenvalue weighted by atomic mass is 10.2. The van der Waals surface area contributed by atoms with E-state index in [1.54, 1.807) is 24.3 Å². The lowest BCUT2D eigenvalue weighted by Gasteiger charge is -2.12. The molecular weight excluding hydrogens is 224 g/mol. The number of aliphatic carboxylic acids is 1. The molecule has 0 aromatic heterocycles. The van der Waals surface area contributed by atoms with Gasteiger partial charge in [-0.25, -0.2) is 4.79 Å². The SMILES string of the molecule is CNC(C(=O)O)C(=O)Nc1cccc(OC)c1. The molecule has 0 aliphatic carbocycles. The highest BCUT2D eigenvalue weighted by atomic mass is 16.5. The van der Waals surface area contributed by atoms with Gasteiger partial charge in [0.1, 0.15) is 5.75 Å². The number of hydrogen-bond acceptors (Lipinski definition) is 4. The minimum absolute atomic E-state index is 0.482. The summed E-state index contributed by atoms with van der Waals surface area (Å²) in [4.78, 5) is 22.3. The van der Waals surface area contributed by atoms with E-state index >= 15 is 0 Å². The number of nitrogens with one attached hydrogen (secondary N) is 2. The zero-order valence-corrected chi connectivity index (χ0v) is 9.56. The van der Waals surface area contributed by atoms with E-state index < -0.39 is 17.9 Å². The topological polar surface area (TPSA) is 87.7 Å². The molecule has 6 nitrogen and oxygen atoms in total. The number of hydrogen-bond donors (Lipinski definition) is 3. The first-order chi connectivity index (χ1) is 8.08. The molecule has 1 atom stereocenters. The number of carbonyl (C=O) groups is 2. The van der Waals surface area contributed by atoms with Crippen molar-refractivity contribution >= 4 is 17.6 Å². The van der Waals surface area contributed by atoms with Crippen molar-refractivity contribution in [2.45, 2.75) is 6.04 Å². The highest BCUT2D eigenvalue weighted by Gasteiger charge is 2.23. The molecule has 0 fully saturated rings. The van der Waals surface area contributed by atoms with Gasteiger partial charge in [-0.05, 0) is 19.2 Å². The smallest absolute Gasteiger partial charge is 0.330 e. The fourth-order valence-electron chi connectivity index (χ4n) is 1.28. The first kappa shape index (κ1) is 13.0. The Labute approximate surface area is 98.6 Å². The van der Waals surface area contributed by atoms with E-state index in [-0.39, 0.29) is 0 Å². The summed E-state index contributed by atoms with van der Waals surface area (Å²) in [5.41, 5.74) is 0.482. The van der Waals surface area contributed by atoms with Crippen molar-refractivity contribution < 1.29 is 19.4 Å². The summed E-state index contributed by atoms with van der Waals surface area (Å²) in [6.07, 6.45) is 0. The van der Waals surface area contributed by atoms with Crippen LogP contribution in [0.4, 0.5) is 5.69 Å². The Morgan fingerprint density at radius 1 is 1.41 bits per heavy atom. The summed E-state index contributed by atoms with van der Waals surface area (Å²) in [6, 6.07) is 5.40. The molecule has 6 heteroatoms. The highest BCUT2D eigenvalue weighted by molar-refractivity contribution is 6.07. The zero-order valence-electron chi connectivity index (χ0n) is 9.56. The van der Waals surface area contributed by atoms with Crippen LogP contribution in [0, 0.1) is 0 Å². The van der Waals surface area contributed by atoms with E-state index in [1.807, 2.05) is 0 Å². The van der Waals surface area contributed by atoms with Gasteiger partial charge in [0.05, 0.1) is 7.11 Å². The van der Waals surface area contributed by atoms with E-state index in [2.05, 4.69) is 10.6 Å². The molecule has 17 heavy (non-hydrogen) atoms. The number of methoxy groups -OCH3 is 1. The second kappa shape index (κ2) is 5.86. The Bertz CT molecular complexity index is 420. The maximum absolute atomic E-state index is 11.6. The maximum atomic E-state index is 11.6. The van der Waals surface area contributed by atoms with Crippen molar-refractivity contribution in [3.8, 4) is 5.75 Å². The quantitative estimate of drug-likeness (QED) is 0.642. The van der Waals surface area contributed by atoms with Gasteiger partial charge in [0.25, 0.3) is 5.91 Å². The minimum Gasteiger partial charge on any atom is -0.497 e. The van der Waals surface area contributed by atoms with Gasteiger partial charge in [-0.15, -0.1) is 0 Å². The number of carbonyl (C=O) groups excluding carboxylic acids is 1. The summed E-state index contributed by atoms with van der Waals surface area (Å²) in [7, 11) is 2.92. The lowest BCUT2D eigenvalue weighted by molar-refractivity contribution is -0.142. The molecule has 1 amide bonds. The molecule has 1 aromatic rings. The van der Waals surface area contributed by atoms with Gasteiger partial charge in [-0.3, -0.25) is 10.1 Å². The first-order valence-electron chi connectivity index (χ1n) is 4.93. The molecule has 0 heterocycles. The van der Waals surface area contributed by atoms with Crippen molar-refractivity contribution in [1.29, 1.82) is 0 Å². The Morgan fingerprint density at radius 3 is 2.65 bits per heavy atom. The third kappa shape index (κ3) is 3.46. The zero-order chi connectivity index (χ0) is 12.8. The summed E-state index contributed by atoms with van der Waals surface area (Å²) in [5, 5.41) is 13.7. The molecule has 92 valence electrons. The molecule has 3 N–H and O–H groups in total. The highest BCUT2D eigenvalue weighted by Crippen LogP contribution is 2.16. The number of ether oxygens (including phenoxy) is 1. The van der Waals surface area contributed by atoms with Gasteiger partial charge in [0, 0.05) is 11.8 Å². The van der Waals surface area contributed by atoms with Crippen LogP contribution in [0.2, 0.25) is 0 Å². The average molecular weight is 238 g/mol. The number of benzene rings is 1. The van der Waals surface area contributed by atoms with E-state index in [1.165, 1.54) is 14.2 Å². The standard InChI is InChI=1S/C11H14N2O4/c1-12-9(11(15)16)10(14)13-7-4-3-5-8(6-7)17-2/h3-6,9,12H,1-2H3,(H,13,14)(H,15,16). The molecule has 0 spiro atoms. The normalized spacial score (nSPS) is 11.6. The van der Waals surface area contributed by atoms with Gasteiger partial charge in [-0.2, -0.15) is 0 Å². The number of anilines is 1. The van der Waals surface area contributed by atoms with Crippen molar-refractivity contribution in [2.24, 2.45) is 0 Å². The molecule has 0 aliphatic heterocycles. The molecule has 0 bridgehead atoms. The summed E-state index contributed by atoms with van der Waals surface area (Å²) >= 11 is 0. The van der Waals surface area contributed by atoms with Crippen LogP contribution >= 0.6 is 0 Å².